The number of anilines is 1. The lowest BCUT2D eigenvalue weighted by molar-refractivity contribution is 0.631. The predicted molar refractivity (Wildman–Crippen MR) is 73.3 cm³/mol. The molecule has 0 N–H and O–H groups in total. The standard InChI is InChI=1S/C12H11Cl2FN4/c1-6-2-3-19(5-6)11-7-4-16-10(13)8(15)9(7)17-12(14)18-11/h4,6H,2-3,5H2,1H3/t6-/m1/s1. The Hall–Kier alpha value is -1.20. The van der Waals surface area contributed by atoms with E-state index in [-0.39, 0.29) is 16.0 Å². The van der Waals surface area contributed by atoms with E-state index in [0.717, 1.165) is 19.5 Å². The van der Waals surface area contributed by atoms with Crippen LogP contribution >= 0.6 is 23.2 Å². The Morgan fingerprint density at radius 2 is 2.16 bits per heavy atom. The molecule has 0 amide bonds. The summed E-state index contributed by atoms with van der Waals surface area (Å²) in [6, 6.07) is 0. The summed E-state index contributed by atoms with van der Waals surface area (Å²) in [7, 11) is 0. The maximum absolute atomic E-state index is 14.0. The van der Waals surface area contributed by atoms with Crippen molar-refractivity contribution in [3.63, 3.8) is 0 Å². The molecular formula is C12H11Cl2FN4. The molecule has 0 unspecified atom stereocenters. The number of rotatable bonds is 1. The summed E-state index contributed by atoms with van der Waals surface area (Å²) < 4.78 is 14.0. The van der Waals surface area contributed by atoms with E-state index >= 15 is 0 Å². The van der Waals surface area contributed by atoms with Gasteiger partial charge in [0.05, 0.1) is 5.39 Å². The van der Waals surface area contributed by atoms with Crippen molar-refractivity contribution >= 4 is 39.9 Å². The summed E-state index contributed by atoms with van der Waals surface area (Å²) in [6.45, 7) is 3.90. The molecule has 2 aromatic rings. The van der Waals surface area contributed by atoms with Gasteiger partial charge in [-0.05, 0) is 23.9 Å². The third-order valence-corrected chi connectivity index (χ3v) is 3.75. The van der Waals surface area contributed by atoms with Crippen molar-refractivity contribution in [2.75, 3.05) is 18.0 Å². The zero-order chi connectivity index (χ0) is 13.6. The fourth-order valence-electron chi connectivity index (χ4n) is 2.36. The van der Waals surface area contributed by atoms with Crippen molar-refractivity contribution in [1.29, 1.82) is 0 Å². The first kappa shape index (κ1) is 12.8. The number of pyridine rings is 1. The van der Waals surface area contributed by atoms with Crippen molar-refractivity contribution in [1.82, 2.24) is 15.0 Å². The van der Waals surface area contributed by atoms with E-state index in [4.69, 9.17) is 23.2 Å². The summed E-state index contributed by atoms with van der Waals surface area (Å²) in [5, 5.41) is 0.353. The van der Waals surface area contributed by atoms with Crippen molar-refractivity contribution in [2.24, 2.45) is 5.92 Å². The summed E-state index contributed by atoms with van der Waals surface area (Å²) >= 11 is 11.6. The zero-order valence-electron chi connectivity index (χ0n) is 10.2. The molecule has 0 spiro atoms. The number of hydrogen-bond acceptors (Lipinski definition) is 4. The van der Waals surface area contributed by atoms with Gasteiger partial charge in [0.1, 0.15) is 11.3 Å². The molecule has 1 saturated heterocycles. The molecular weight excluding hydrogens is 290 g/mol. The molecule has 19 heavy (non-hydrogen) atoms. The van der Waals surface area contributed by atoms with Gasteiger partial charge in [-0.25, -0.2) is 14.4 Å². The molecule has 1 atom stereocenters. The van der Waals surface area contributed by atoms with Crippen LogP contribution in [-0.2, 0) is 0 Å². The van der Waals surface area contributed by atoms with Crippen LogP contribution < -0.4 is 4.90 Å². The Morgan fingerprint density at radius 1 is 1.37 bits per heavy atom. The monoisotopic (exact) mass is 300 g/mol. The van der Waals surface area contributed by atoms with Crippen LogP contribution in [0.3, 0.4) is 0 Å². The molecule has 0 bridgehead atoms. The van der Waals surface area contributed by atoms with E-state index in [1.165, 1.54) is 6.20 Å². The number of fused-ring (bicyclic) bond motifs is 1. The Kier molecular flexibility index (Phi) is 3.19. The molecule has 1 fully saturated rings. The van der Waals surface area contributed by atoms with Crippen molar-refractivity contribution in [3.8, 4) is 0 Å². The molecule has 0 aliphatic carbocycles. The average molecular weight is 301 g/mol. The molecule has 2 aromatic heterocycles. The van der Waals surface area contributed by atoms with Gasteiger partial charge in [0, 0.05) is 19.3 Å². The van der Waals surface area contributed by atoms with E-state index in [1.807, 2.05) is 0 Å². The highest BCUT2D eigenvalue weighted by Crippen LogP contribution is 2.31. The number of aromatic nitrogens is 3. The first-order valence-electron chi connectivity index (χ1n) is 5.98. The van der Waals surface area contributed by atoms with Crippen molar-refractivity contribution < 1.29 is 4.39 Å². The Balaban J connectivity index is 2.21. The summed E-state index contributed by atoms with van der Waals surface area (Å²) in [5.41, 5.74) is 0.120. The molecule has 0 radical (unpaired) electrons. The van der Waals surface area contributed by atoms with Gasteiger partial charge in [0.15, 0.2) is 11.0 Å². The largest absolute Gasteiger partial charge is 0.356 e. The van der Waals surface area contributed by atoms with Crippen LogP contribution in [0.5, 0.6) is 0 Å². The maximum atomic E-state index is 14.0. The topological polar surface area (TPSA) is 41.9 Å². The average Bonchev–Trinajstić information content (AvgIpc) is 2.80. The molecule has 100 valence electrons. The number of halogens is 3. The fourth-order valence-corrected chi connectivity index (χ4v) is 2.66. The Labute approximate surface area is 119 Å². The van der Waals surface area contributed by atoms with Crippen LogP contribution in [0, 0.1) is 11.7 Å². The second kappa shape index (κ2) is 4.72. The molecule has 1 aliphatic heterocycles. The van der Waals surface area contributed by atoms with Gasteiger partial charge >= 0.3 is 0 Å². The lowest BCUT2D eigenvalue weighted by Crippen LogP contribution is -2.21. The lowest BCUT2D eigenvalue weighted by Gasteiger charge is -2.18. The first-order valence-corrected chi connectivity index (χ1v) is 6.74. The fraction of sp³-hybridized carbons (Fsp3) is 0.417. The third kappa shape index (κ3) is 2.21. The van der Waals surface area contributed by atoms with Gasteiger partial charge in [-0.2, -0.15) is 4.98 Å². The van der Waals surface area contributed by atoms with E-state index in [2.05, 4.69) is 26.8 Å². The van der Waals surface area contributed by atoms with Crippen LogP contribution in [0.25, 0.3) is 10.9 Å². The highest BCUT2D eigenvalue weighted by molar-refractivity contribution is 6.30. The summed E-state index contributed by atoms with van der Waals surface area (Å²) in [4.78, 5) is 14.0. The van der Waals surface area contributed by atoms with Crippen LogP contribution in [-0.4, -0.2) is 28.0 Å². The zero-order valence-corrected chi connectivity index (χ0v) is 11.7. The quantitative estimate of drug-likeness (QED) is 0.598. The molecule has 1 aliphatic rings. The van der Waals surface area contributed by atoms with E-state index in [9.17, 15) is 4.39 Å². The predicted octanol–water partition coefficient (Wildman–Crippen LogP) is 3.32. The highest BCUT2D eigenvalue weighted by atomic mass is 35.5. The Bertz CT molecular complexity index is 649. The third-order valence-electron chi connectivity index (χ3n) is 3.32. The molecule has 3 heterocycles. The minimum absolute atomic E-state index is 0.0169. The van der Waals surface area contributed by atoms with Crippen molar-refractivity contribution in [3.05, 3.63) is 22.5 Å². The van der Waals surface area contributed by atoms with Gasteiger partial charge in [-0.3, -0.25) is 0 Å². The SMILES string of the molecule is C[C@@H]1CCN(c2nc(Cl)nc3c(F)c(Cl)ncc23)C1. The molecule has 0 saturated carbocycles. The second-order valence-electron chi connectivity index (χ2n) is 4.78. The highest BCUT2D eigenvalue weighted by Gasteiger charge is 2.24. The molecule has 7 heteroatoms. The van der Waals surface area contributed by atoms with Crippen LogP contribution in [0.15, 0.2) is 6.20 Å². The number of nitrogens with zero attached hydrogens (tertiary/aromatic N) is 4. The molecule has 3 rings (SSSR count). The van der Waals surface area contributed by atoms with Gasteiger partial charge < -0.3 is 4.90 Å². The van der Waals surface area contributed by atoms with Crippen molar-refractivity contribution in [2.45, 2.75) is 13.3 Å². The smallest absolute Gasteiger partial charge is 0.225 e. The normalized spacial score (nSPS) is 19.4. The van der Waals surface area contributed by atoms with E-state index < -0.39 is 5.82 Å². The number of hydrogen-bond donors (Lipinski definition) is 0. The Morgan fingerprint density at radius 3 is 2.84 bits per heavy atom. The van der Waals surface area contributed by atoms with Crippen LogP contribution in [0.4, 0.5) is 10.2 Å². The van der Waals surface area contributed by atoms with Gasteiger partial charge in [-0.15, -0.1) is 0 Å². The maximum Gasteiger partial charge on any atom is 0.225 e. The minimum Gasteiger partial charge on any atom is -0.356 e. The van der Waals surface area contributed by atoms with Crippen LogP contribution in [0.1, 0.15) is 13.3 Å². The summed E-state index contributed by atoms with van der Waals surface area (Å²) in [6.07, 6.45) is 2.57. The minimum atomic E-state index is -0.656. The van der Waals surface area contributed by atoms with Gasteiger partial charge in [0.2, 0.25) is 5.28 Å². The van der Waals surface area contributed by atoms with Crippen LogP contribution in [0.2, 0.25) is 10.4 Å². The molecule has 0 aromatic carbocycles. The van der Waals surface area contributed by atoms with Gasteiger partial charge in [-0.1, -0.05) is 18.5 Å². The molecule has 4 nitrogen and oxygen atoms in total. The van der Waals surface area contributed by atoms with E-state index in [1.54, 1.807) is 0 Å². The first-order chi connectivity index (χ1) is 9.06. The lowest BCUT2D eigenvalue weighted by atomic mass is 10.2. The summed E-state index contributed by atoms with van der Waals surface area (Å²) in [5.74, 6) is 0.549. The second-order valence-corrected chi connectivity index (χ2v) is 5.48. The van der Waals surface area contributed by atoms with E-state index in [0.29, 0.717) is 17.1 Å². The van der Waals surface area contributed by atoms with Gasteiger partial charge in [0.25, 0.3) is 0 Å².